The minimum absolute atomic E-state index is 0.114. The van der Waals surface area contributed by atoms with E-state index in [0.717, 1.165) is 35.0 Å². The van der Waals surface area contributed by atoms with Crippen LogP contribution in [0.5, 0.6) is 5.75 Å². The van der Waals surface area contributed by atoms with E-state index in [2.05, 4.69) is 4.90 Å². The number of carbonyl (C=O) groups is 1. The summed E-state index contributed by atoms with van der Waals surface area (Å²) in [7, 11) is 0. The number of benzene rings is 4. The van der Waals surface area contributed by atoms with Crippen LogP contribution in [0.1, 0.15) is 33.3 Å². The van der Waals surface area contributed by atoms with Gasteiger partial charge in [0.25, 0.3) is 5.91 Å². The number of morpholine rings is 1. The lowest BCUT2D eigenvalue weighted by Crippen LogP contribution is -2.42. The molecule has 1 saturated heterocycles. The molecular weight excluding hydrogens is 552 g/mol. The Balaban J connectivity index is 1.29. The summed E-state index contributed by atoms with van der Waals surface area (Å²) in [5.74, 6) is 0.485. The molecule has 0 N–H and O–H groups in total. The molecule has 3 heterocycles. The molecule has 1 unspecified atom stereocenters. The quantitative estimate of drug-likeness (QED) is 0.218. The molecule has 0 bridgehead atoms. The second-order valence-corrected chi connectivity index (χ2v) is 11.1. The van der Waals surface area contributed by atoms with Crippen molar-refractivity contribution < 1.29 is 18.7 Å². The Morgan fingerprint density at radius 1 is 0.857 bits per heavy atom. The largest absolute Gasteiger partial charge is 0.489 e. The molecule has 0 spiro atoms. The zero-order chi connectivity index (χ0) is 28.6. The molecular formula is C34H29ClN2O5. The lowest BCUT2D eigenvalue weighted by Gasteiger charge is -2.31. The fraction of sp³-hybridized carbons (Fsp3) is 0.235. The zero-order valence-electron chi connectivity index (χ0n) is 22.9. The van der Waals surface area contributed by atoms with Gasteiger partial charge in [0.2, 0.25) is 5.76 Å². The maximum atomic E-state index is 14.2. The summed E-state index contributed by atoms with van der Waals surface area (Å²) in [6, 6.07) is 26.0. The summed E-state index contributed by atoms with van der Waals surface area (Å²) in [6.07, 6.45) is 0. The van der Waals surface area contributed by atoms with Crippen LogP contribution in [0.25, 0.3) is 21.7 Å². The van der Waals surface area contributed by atoms with Crippen LogP contribution < -0.4 is 10.2 Å². The van der Waals surface area contributed by atoms with Crippen molar-refractivity contribution in [1.29, 1.82) is 0 Å². The van der Waals surface area contributed by atoms with E-state index in [4.69, 9.17) is 25.5 Å². The van der Waals surface area contributed by atoms with E-state index in [1.54, 1.807) is 11.0 Å². The Morgan fingerprint density at radius 2 is 1.67 bits per heavy atom. The first-order valence-corrected chi connectivity index (χ1v) is 14.5. The number of hydrogen-bond acceptors (Lipinski definition) is 6. The Hall–Kier alpha value is -4.17. The van der Waals surface area contributed by atoms with Gasteiger partial charge < -0.3 is 18.8 Å². The van der Waals surface area contributed by atoms with Crippen molar-refractivity contribution in [2.45, 2.75) is 12.6 Å². The van der Waals surface area contributed by atoms with E-state index >= 15 is 0 Å². The van der Waals surface area contributed by atoms with E-state index in [-0.39, 0.29) is 17.1 Å². The number of rotatable bonds is 7. The standard InChI is InChI=1S/C34H29ClN2O5/c35-25-11-8-22(9-12-25)21-41-26-6-3-5-24(20-26)30-29-31(38)28-13-10-23-4-1-2-7-27(23)32(28)42-33(29)34(39)37(30)15-14-36-16-18-40-19-17-36/h1-13,20,30H,14-19,21H2. The van der Waals surface area contributed by atoms with E-state index < -0.39 is 6.04 Å². The van der Waals surface area contributed by atoms with Gasteiger partial charge in [-0.05, 0) is 46.8 Å². The minimum atomic E-state index is -0.597. The Bertz CT molecular complexity index is 1850. The van der Waals surface area contributed by atoms with Crippen molar-refractivity contribution in [1.82, 2.24) is 9.80 Å². The summed E-state index contributed by atoms with van der Waals surface area (Å²) in [6.45, 7) is 4.43. The first-order valence-electron chi connectivity index (χ1n) is 14.1. The summed E-state index contributed by atoms with van der Waals surface area (Å²) < 4.78 is 18.0. The first-order chi connectivity index (χ1) is 20.6. The first kappa shape index (κ1) is 26.7. The van der Waals surface area contributed by atoms with Gasteiger partial charge in [0.05, 0.1) is 30.2 Å². The molecule has 1 fully saturated rings. The van der Waals surface area contributed by atoms with Crippen LogP contribution >= 0.6 is 11.6 Å². The van der Waals surface area contributed by atoms with Crippen LogP contribution in [0, 0.1) is 0 Å². The number of amides is 1. The highest BCUT2D eigenvalue weighted by Gasteiger charge is 2.43. The van der Waals surface area contributed by atoms with Gasteiger partial charge in [-0.15, -0.1) is 0 Å². The predicted octanol–water partition coefficient (Wildman–Crippen LogP) is 6.06. The number of halogens is 1. The second kappa shape index (κ2) is 11.2. The van der Waals surface area contributed by atoms with Gasteiger partial charge in [0.1, 0.15) is 17.9 Å². The van der Waals surface area contributed by atoms with Crippen molar-refractivity contribution in [3.8, 4) is 5.75 Å². The average molecular weight is 581 g/mol. The molecule has 2 aliphatic rings. The van der Waals surface area contributed by atoms with Crippen molar-refractivity contribution in [2.24, 2.45) is 0 Å². The summed E-state index contributed by atoms with van der Waals surface area (Å²) in [5, 5.41) is 2.89. The zero-order valence-corrected chi connectivity index (χ0v) is 23.7. The highest BCUT2D eigenvalue weighted by molar-refractivity contribution is 6.30. The second-order valence-electron chi connectivity index (χ2n) is 10.7. The monoisotopic (exact) mass is 580 g/mol. The molecule has 42 heavy (non-hydrogen) atoms. The molecule has 1 aromatic heterocycles. The predicted molar refractivity (Wildman–Crippen MR) is 162 cm³/mol. The van der Waals surface area contributed by atoms with Gasteiger partial charge >= 0.3 is 0 Å². The molecule has 7 rings (SSSR count). The van der Waals surface area contributed by atoms with E-state index in [9.17, 15) is 9.59 Å². The normalized spacial score (nSPS) is 17.2. The van der Waals surface area contributed by atoms with Gasteiger partial charge in [0.15, 0.2) is 5.43 Å². The van der Waals surface area contributed by atoms with Crippen molar-refractivity contribution >= 4 is 39.2 Å². The number of ether oxygens (including phenoxy) is 2. The van der Waals surface area contributed by atoms with Crippen LogP contribution in [0.4, 0.5) is 0 Å². The molecule has 8 heteroatoms. The van der Waals surface area contributed by atoms with Crippen molar-refractivity contribution in [2.75, 3.05) is 39.4 Å². The lowest BCUT2D eigenvalue weighted by atomic mass is 9.97. The number of carbonyl (C=O) groups excluding carboxylic acids is 1. The van der Waals surface area contributed by atoms with Gasteiger partial charge in [-0.3, -0.25) is 14.5 Å². The SMILES string of the molecule is O=C1c2oc3c(ccc4ccccc43)c(=O)c2C(c2cccc(OCc3ccc(Cl)cc3)c2)N1CCN1CCOCC1. The molecule has 0 radical (unpaired) electrons. The van der Waals surface area contributed by atoms with Gasteiger partial charge in [-0.2, -0.15) is 0 Å². The van der Waals surface area contributed by atoms with Crippen LogP contribution in [0.15, 0.2) is 94.1 Å². The smallest absolute Gasteiger partial charge is 0.290 e. The molecule has 0 aliphatic carbocycles. The highest BCUT2D eigenvalue weighted by Crippen LogP contribution is 2.40. The van der Waals surface area contributed by atoms with E-state index in [1.165, 1.54) is 0 Å². The maximum Gasteiger partial charge on any atom is 0.290 e. The number of nitrogens with zero attached hydrogens (tertiary/aromatic N) is 2. The molecule has 5 aromatic rings. The van der Waals surface area contributed by atoms with Crippen LogP contribution in [0.3, 0.4) is 0 Å². The fourth-order valence-corrected chi connectivity index (χ4v) is 6.05. The number of hydrogen-bond donors (Lipinski definition) is 0. The van der Waals surface area contributed by atoms with Crippen LogP contribution in [0.2, 0.25) is 5.02 Å². The van der Waals surface area contributed by atoms with Gasteiger partial charge in [-0.25, -0.2) is 0 Å². The molecule has 7 nitrogen and oxygen atoms in total. The molecule has 212 valence electrons. The molecule has 1 amide bonds. The van der Waals surface area contributed by atoms with Crippen LogP contribution in [-0.4, -0.2) is 55.1 Å². The Morgan fingerprint density at radius 3 is 2.50 bits per heavy atom. The summed E-state index contributed by atoms with van der Waals surface area (Å²) >= 11 is 6.03. The summed E-state index contributed by atoms with van der Waals surface area (Å²) in [5.41, 5.74) is 2.41. The average Bonchev–Trinajstić information content (AvgIpc) is 3.31. The Kier molecular flexibility index (Phi) is 7.15. The van der Waals surface area contributed by atoms with E-state index in [0.29, 0.717) is 60.2 Å². The fourth-order valence-electron chi connectivity index (χ4n) is 5.92. The minimum Gasteiger partial charge on any atom is -0.489 e. The van der Waals surface area contributed by atoms with Gasteiger partial charge in [0, 0.05) is 36.6 Å². The third-order valence-corrected chi connectivity index (χ3v) is 8.36. The third-order valence-electron chi connectivity index (χ3n) is 8.11. The van der Waals surface area contributed by atoms with Gasteiger partial charge in [-0.1, -0.05) is 66.2 Å². The lowest BCUT2D eigenvalue weighted by molar-refractivity contribution is 0.0314. The van der Waals surface area contributed by atoms with E-state index in [1.807, 2.05) is 78.9 Å². The molecule has 2 aliphatic heterocycles. The topological polar surface area (TPSA) is 72.2 Å². The Labute approximate surface area is 247 Å². The third kappa shape index (κ3) is 4.94. The van der Waals surface area contributed by atoms with Crippen molar-refractivity contribution in [3.63, 3.8) is 0 Å². The van der Waals surface area contributed by atoms with Crippen LogP contribution in [-0.2, 0) is 11.3 Å². The van der Waals surface area contributed by atoms with Crippen molar-refractivity contribution in [3.05, 3.63) is 123 Å². The number of fused-ring (bicyclic) bond motifs is 4. The highest BCUT2D eigenvalue weighted by atomic mass is 35.5. The molecule has 4 aromatic carbocycles. The maximum absolute atomic E-state index is 14.2. The molecule has 0 saturated carbocycles. The molecule has 1 atom stereocenters. The summed E-state index contributed by atoms with van der Waals surface area (Å²) in [4.78, 5) is 32.2.